The number of hydrogen-bond donors (Lipinski definition) is 1. The molecule has 0 spiro atoms. The molecule has 1 N–H and O–H groups in total. The van der Waals surface area contributed by atoms with Crippen molar-refractivity contribution in [1.82, 2.24) is 15.5 Å². The number of thiophene rings is 1. The van der Waals surface area contributed by atoms with Crippen molar-refractivity contribution in [1.29, 1.82) is 0 Å². The normalized spacial score (nSPS) is 20.0. The SMILES string of the molecule is Cc1cc(-c2nc(C3CCCN3)no2)sc1C. The van der Waals surface area contributed by atoms with Crippen molar-refractivity contribution >= 4 is 11.3 Å². The molecule has 1 fully saturated rings. The third-order valence-electron chi connectivity index (χ3n) is 3.19. The van der Waals surface area contributed by atoms with Crippen molar-refractivity contribution in [3.8, 4) is 10.8 Å². The summed E-state index contributed by atoms with van der Waals surface area (Å²) in [6.45, 7) is 5.26. The number of aryl methyl sites for hydroxylation is 2. The predicted molar refractivity (Wildman–Crippen MR) is 67.1 cm³/mol. The third kappa shape index (κ3) is 2.00. The zero-order chi connectivity index (χ0) is 11.8. The molecule has 1 aliphatic rings. The lowest BCUT2D eigenvalue weighted by Crippen LogP contribution is -2.14. The lowest BCUT2D eigenvalue weighted by Gasteiger charge is -2.01. The van der Waals surface area contributed by atoms with Gasteiger partial charge < -0.3 is 9.84 Å². The van der Waals surface area contributed by atoms with Gasteiger partial charge in [0.15, 0.2) is 5.82 Å². The summed E-state index contributed by atoms with van der Waals surface area (Å²) in [7, 11) is 0. The van der Waals surface area contributed by atoms with Crippen molar-refractivity contribution in [3.63, 3.8) is 0 Å². The smallest absolute Gasteiger partial charge is 0.268 e. The zero-order valence-electron chi connectivity index (χ0n) is 9.99. The average Bonchev–Trinajstić information content (AvgIpc) is 3.00. The van der Waals surface area contributed by atoms with Gasteiger partial charge in [0, 0.05) is 4.88 Å². The van der Waals surface area contributed by atoms with Gasteiger partial charge in [-0.25, -0.2) is 0 Å². The Bertz CT molecular complexity index is 506. The van der Waals surface area contributed by atoms with E-state index in [1.165, 1.54) is 16.9 Å². The molecule has 0 radical (unpaired) electrons. The molecule has 17 heavy (non-hydrogen) atoms. The van der Waals surface area contributed by atoms with Crippen LogP contribution in [0.3, 0.4) is 0 Å². The fourth-order valence-corrected chi connectivity index (χ4v) is 3.02. The monoisotopic (exact) mass is 249 g/mol. The molecule has 1 unspecified atom stereocenters. The van der Waals surface area contributed by atoms with E-state index in [0.29, 0.717) is 5.89 Å². The molecule has 2 aromatic heterocycles. The second-order valence-electron chi connectivity index (χ2n) is 4.46. The van der Waals surface area contributed by atoms with Gasteiger partial charge in [-0.3, -0.25) is 0 Å². The van der Waals surface area contributed by atoms with Gasteiger partial charge >= 0.3 is 0 Å². The maximum absolute atomic E-state index is 5.34. The molecule has 3 heterocycles. The molecule has 4 nitrogen and oxygen atoms in total. The van der Waals surface area contributed by atoms with Crippen LogP contribution < -0.4 is 5.32 Å². The van der Waals surface area contributed by atoms with E-state index in [4.69, 9.17) is 4.52 Å². The molecule has 2 aromatic rings. The van der Waals surface area contributed by atoms with Crippen LogP contribution in [-0.4, -0.2) is 16.7 Å². The van der Waals surface area contributed by atoms with Gasteiger partial charge in [-0.1, -0.05) is 5.16 Å². The van der Waals surface area contributed by atoms with Crippen LogP contribution in [0.25, 0.3) is 10.8 Å². The summed E-state index contributed by atoms with van der Waals surface area (Å²) in [6, 6.07) is 2.38. The van der Waals surface area contributed by atoms with E-state index in [9.17, 15) is 0 Å². The first-order valence-electron chi connectivity index (χ1n) is 5.88. The minimum Gasteiger partial charge on any atom is -0.333 e. The minimum absolute atomic E-state index is 0.273. The quantitative estimate of drug-likeness (QED) is 0.889. The summed E-state index contributed by atoms with van der Waals surface area (Å²) < 4.78 is 5.34. The fourth-order valence-electron chi connectivity index (χ4n) is 2.06. The van der Waals surface area contributed by atoms with Crippen LogP contribution >= 0.6 is 11.3 Å². The number of nitrogens with one attached hydrogen (secondary N) is 1. The summed E-state index contributed by atoms with van der Waals surface area (Å²) in [5, 5.41) is 7.44. The van der Waals surface area contributed by atoms with Gasteiger partial charge in [0.05, 0.1) is 10.9 Å². The number of aromatic nitrogens is 2. The maximum atomic E-state index is 5.34. The molecule has 3 rings (SSSR count). The highest BCUT2D eigenvalue weighted by Gasteiger charge is 2.22. The van der Waals surface area contributed by atoms with Crippen molar-refractivity contribution < 1.29 is 4.52 Å². The van der Waals surface area contributed by atoms with Gasteiger partial charge in [-0.15, -0.1) is 11.3 Å². The van der Waals surface area contributed by atoms with E-state index in [1.807, 2.05) is 0 Å². The summed E-state index contributed by atoms with van der Waals surface area (Å²) in [6.07, 6.45) is 2.28. The van der Waals surface area contributed by atoms with Gasteiger partial charge in [0.2, 0.25) is 0 Å². The van der Waals surface area contributed by atoms with Crippen LogP contribution in [0.15, 0.2) is 10.6 Å². The molecule has 1 saturated heterocycles. The number of hydrogen-bond acceptors (Lipinski definition) is 5. The van der Waals surface area contributed by atoms with E-state index in [0.717, 1.165) is 23.7 Å². The summed E-state index contributed by atoms with van der Waals surface area (Å²) >= 11 is 1.71. The standard InChI is InChI=1S/C12H15N3OS/c1-7-6-10(17-8(7)2)12-14-11(15-16-12)9-4-3-5-13-9/h6,9,13H,3-5H2,1-2H3. The molecular formula is C12H15N3OS. The van der Waals surface area contributed by atoms with Gasteiger partial charge in [0.25, 0.3) is 5.89 Å². The fraction of sp³-hybridized carbons (Fsp3) is 0.500. The molecule has 0 amide bonds. The van der Waals surface area contributed by atoms with Crippen LogP contribution in [0.1, 0.15) is 35.1 Å². The van der Waals surface area contributed by atoms with Crippen LogP contribution in [0.4, 0.5) is 0 Å². The topological polar surface area (TPSA) is 51.0 Å². The Hall–Kier alpha value is -1.20. The van der Waals surface area contributed by atoms with Gasteiger partial charge in [0.1, 0.15) is 0 Å². The first-order chi connectivity index (χ1) is 8.24. The second-order valence-corrected chi connectivity index (χ2v) is 5.71. The van der Waals surface area contributed by atoms with Crippen molar-refractivity contribution in [3.05, 3.63) is 22.3 Å². The maximum Gasteiger partial charge on any atom is 0.268 e. The highest BCUT2D eigenvalue weighted by molar-refractivity contribution is 7.15. The molecular weight excluding hydrogens is 234 g/mol. The zero-order valence-corrected chi connectivity index (χ0v) is 10.8. The Balaban J connectivity index is 1.88. The van der Waals surface area contributed by atoms with Crippen LogP contribution in [0.5, 0.6) is 0 Å². The first kappa shape index (κ1) is 10.9. The highest BCUT2D eigenvalue weighted by atomic mass is 32.1. The van der Waals surface area contributed by atoms with Crippen molar-refractivity contribution in [2.45, 2.75) is 32.7 Å². The highest BCUT2D eigenvalue weighted by Crippen LogP contribution is 2.30. The molecule has 1 atom stereocenters. The first-order valence-corrected chi connectivity index (χ1v) is 6.70. The number of rotatable bonds is 2. The van der Waals surface area contributed by atoms with E-state index >= 15 is 0 Å². The Labute approximate surface area is 104 Å². The van der Waals surface area contributed by atoms with Crippen LogP contribution in [0.2, 0.25) is 0 Å². The third-order valence-corrected chi connectivity index (χ3v) is 4.33. The van der Waals surface area contributed by atoms with E-state index in [2.05, 4.69) is 35.4 Å². The van der Waals surface area contributed by atoms with Gasteiger partial charge in [-0.2, -0.15) is 4.98 Å². The Morgan fingerprint density at radius 3 is 3.00 bits per heavy atom. The van der Waals surface area contributed by atoms with Crippen molar-refractivity contribution in [2.75, 3.05) is 6.54 Å². The number of nitrogens with zero attached hydrogens (tertiary/aromatic N) is 2. The second kappa shape index (κ2) is 4.23. The lowest BCUT2D eigenvalue weighted by molar-refractivity contribution is 0.413. The summed E-state index contributed by atoms with van der Waals surface area (Å²) in [5.41, 5.74) is 1.28. The lowest BCUT2D eigenvalue weighted by atomic mass is 10.2. The molecule has 5 heteroatoms. The predicted octanol–water partition coefficient (Wildman–Crippen LogP) is 2.84. The van der Waals surface area contributed by atoms with E-state index in [1.54, 1.807) is 11.3 Å². The Morgan fingerprint density at radius 1 is 1.47 bits per heavy atom. The van der Waals surface area contributed by atoms with Crippen LogP contribution in [0, 0.1) is 13.8 Å². The van der Waals surface area contributed by atoms with Crippen molar-refractivity contribution in [2.24, 2.45) is 0 Å². The van der Waals surface area contributed by atoms with E-state index in [-0.39, 0.29) is 6.04 Å². The molecule has 1 aliphatic heterocycles. The largest absolute Gasteiger partial charge is 0.333 e. The average molecular weight is 249 g/mol. The minimum atomic E-state index is 0.273. The van der Waals surface area contributed by atoms with E-state index < -0.39 is 0 Å². The molecule has 0 bridgehead atoms. The molecule has 0 aromatic carbocycles. The summed E-state index contributed by atoms with van der Waals surface area (Å²) in [5.74, 6) is 1.44. The Morgan fingerprint density at radius 2 is 2.35 bits per heavy atom. The van der Waals surface area contributed by atoms with Crippen LogP contribution in [-0.2, 0) is 0 Å². The molecule has 0 saturated carbocycles. The summed E-state index contributed by atoms with van der Waals surface area (Å²) in [4.78, 5) is 6.86. The Kier molecular flexibility index (Phi) is 2.72. The van der Waals surface area contributed by atoms with Gasteiger partial charge in [-0.05, 0) is 44.9 Å². The molecule has 0 aliphatic carbocycles. The molecule has 90 valence electrons.